The molecule has 6 heteroatoms. The standard InChI is InChI=1S/C16H9ClN3O2/c17-10-5-7-11(8-6-10)19-15(21)14-9-18-12-3-1-2-4-13(12)20(14)16(19)22/h1-9H/q+1/p+1. The summed E-state index contributed by atoms with van der Waals surface area (Å²) in [6.45, 7) is 0. The molecule has 0 fully saturated rings. The number of aromatic nitrogens is 2. The molecule has 0 saturated carbocycles. The molecule has 106 valence electrons. The highest BCUT2D eigenvalue weighted by Gasteiger charge is 2.49. The number of fused-ring (bicyclic) bond motifs is 3. The van der Waals surface area contributed by atoms with Crippen LogP contribution in [0.5, 0.6) is 0 Å². The van der Waals surface area contributed by atoms with Crippen LogP contribution in [0.2, 0.25) is 5.02 Å². The number of carbonyl (C=O) groups is 2. The smallest absolute Gasteiger partial charge is 0.236 e. The summed E-state index contributed by atoms with van der Waals surface area (Å²) in [5.74, 6) is -0.366. The Kier molecular flexibility index (Phi) is 2.71. The van der Waals surface area contributed by atoms with Crippen molar-refractivity contribution < 1.29 is 19.1 Å². The Morgan fingerprint density at radius 3 is 2.50 bits per heavy atom. The van der Waals surface area contributed by atoms with Gasteiger partial charge in [-0.05, 0) is 30.3 Å². The van der Waals surface area contributed by atoms with E-state index in [9.17, 15) is 9.59 Å². The molecule has 0 unspecified atom stereocenters. The first-order valence-corrected chi connectivity index (χ1v) is 7.04. The molecule has 2 amide bonds. The van der Waals surface area contributed by atoms with Gasteiger partial charge in [-0.1, -0.05) is 23.7 Å². The summed E-state index contributed by atoms with van der Waals surface area (Å²) >= 11 is 5.86. The number of hydrogen-bond acceptors (Lipinski definition) is 2. The van der Waals surface area contributed by atoms with Crippen LogP contribution < -0.4 is 14.5 Å². The molecule has 0 aliphatic carbocycles. The monoisotopic (exact) mass is 311 g/mol. The molecule has 2 heterocycles. The van der Waals surface area contributed by atoms with Gasteiger partial charge in [0.1, 0.15) is 5.69 Å². The van der Waals surface area contributed by atoms with E-state index in [1.807, 2.05) is 18.2 Å². The summed E-state index contributed by atoms with van der Waals surface area (Å²) in [5.41, 5.74) is 2.24. The summed E-state index contributed by atoms with van der Waals surface area (Å²) in [4.78, 5) is 29.5. The Morgan fingerprint density at radius 2 is 1.73 bits per heavy atom. The highest BCUT2D eigenvalue weighted by molar-refractivity contribution is 6.30. The second-order valence-corrected chi connectivity index (χ2v) is 5.36. The summed E-state index contributed by atoms with van der Waals surface area (Å²) in [5, 5.41) is 0.548. The number of nitrogens with one attached hydrogen (secondary N) is 1. The average Bonchev–Trinajstić information content (AvgIpc) is 2.80. The molecule has 22 heavy (non-hydrogen) atoms. The van der Waals surface area contributed by atoms with Crippen molar-refractivity contribution in [3.63, 3.8) is 0 Å². The minimum Gasteiger partial charge on any atom is -0.236 e. The van der Waals surface area contributed by atoms with Crippen LogP contribution in [0.1, 0.15) is 10.5 Å². The van der Waals surface area contributed by atoms with E-state index in [1.165, 1.54) is 4.57 Å². The van der Waals surface area contributed by atoms with Crippen molar-refractivity contribution in [2.24, 2.45) is 0 Å². The molecule has 3 aromatic rings. The van der Waals surface area contributed by atoms with Crippen LogP contribution >= 0.6 is 11.6 Å². The second-order valence-electron chi connectivity index (χ2n) is 4.93. The summed E-state index contributed by atoms with van der Waals surface area (Å²) < 4.78 is 1.42. The number of anilines is 1. The van der Waals surface area contributed by atoms with Gasteiger partial charge in [0, 0.05) is 11.1 Å². The lowest BCUT2D eigenvalue weighted by atomic mass is 10.3. The molecule has 0 saturated heterocycles. The molecule has 0 radical (unpaired) electrons. The number of amides is 2. The largest absolute Gasteiger partial charge is 0.512 e. The lowest BCUT2D eigenvalue weighted by Crippen LogP contribution is -2.47. The first kappa shape index (κ1) is 12.9. The van der Waals surface area contributed by atoms with Gasteiger partial charge >= 0.3 is 11.9 Å². The van der Waals surface area contributed by atoms with Crippen molar-refractivity contribution in [2.75, 3.05) is 4.90 Å². The van der Waals surface area contributed by atoms with Gasteiger partial charge in [0.05, 0.1) is 0 Å². The van der Waals surface area contributed by atoms with Crippen LogP contribution in [0.4, 0.5) is 10.5 Å². The predicted octanol–water partition coefficient (Wildman–Crippen LogP) is 2.22. The zero-order chi connectivity index (χ0) is 15.3. The van der Waals surface area contributed by atoms with Crippen LogP contribution in [0, 0.1) is 0 Å². The van der Waals surface area contributed by atoms with E-state index in [-0.39, 0.29) is 5.91 Å². The maximum absolute atomic E-state index is 12.7. The lowest BCUT2D eigenvalue weighted by molar-refractivity contribution is -0.551. The van der Waals surface area contributed by atoms with Crippen molar-refractivity contribution in [3.8, 4) is 0 Å². The molecule has 1 N–H and O–H groups in total. The van der Waals surface area contributed by atoms with E-state index in [4.69, 9.17) is 11.6 Å². The number of rotatable bonds is 1. The van der Waals surface area contributed by atoms with Crippen molar-refractivity contribution in [1.82, 2.24) is 0 Å². The second kappa shape index (κ2) is 4.61. The highest BCUT2D eigenvalue weighted by Crippen LogP contribution is 2.23. The van der Waals surface area contributed by atoms with Crippen LogP contribution in [0.25, 0.3) is 11.0 Å². The minimum atomic E-state index is -0.396. The SMILES string of the molecule is O=C1c2c[nH+]c3ccccc3[n+]2C(=O)N1c1ccc(Cl)cc1. The van der Waals surface area contributed by atoms with Crippen molar-refractivity contribution >= 4 is 40.3 Å². The Bertz CT molecular complexity index is 938. The van der Waals surface area contributed by atoms with E-state index < -0.39 is 6.03 Å². The zero-order valence-corrected chi connectivity index (χ0v) is 12.0. The first-order valence-electron chi connectivity index (χ1n) is 6.66. The van der Waals surface area contributed by atoms with Crippen LogP contribution in [0.3, 0.4) is 0 Å². The first-order chi connectivity index (χ1) is 10.7. The van der Waals surface area contributed by atoms with Gasteiger partial charge in [0.25, 0.3) is 11.2 Å². The number of nitrogens with zero attached hydrogens (tertiary/aromatic N) is 2. The fourth-order valence-corrected chi connectivity index (χ4v) is 2.74. The molecule has 2 aromatic carbocycles. The van der Waals surface area contributed by atoms with Crippen LogP contribution in [0.15, 0.2) is 54.7 Å². The molecule has 5 nitrogen and oxygen atoms in total. The molecule has 4 rings (SSSR count). The van der Waals surface area contributed by atoms with Gasteiger partial charge in [-0.2, -0.15) is 4.79 Å². The molecular formula is C16H10ClN3O2+2. The Balaban J connectivity index is 1.93. The van der Waals surface area contributed by atoms with Gasteiger partial charge < -0.3 is 0 Å². The minimum absolute atomic E-state index is 0.304. The number of halogens is 1. The summed E-state index contributed by atoms with van der Waals surface area (Å²) in [7, 11) is 0. The van der Waals surface area contributed by atoms with Crippen molar-refractivity contribution in [1.29, 1.82) is 0 Å². The van der Waals surface area contributed by atoms with E-state index >= 15 is 0 Å². The molecular weight excluding hydrogens is 302 g/mol. The van der Waals surface area contributed by atoms with E-state index in [2.05, 4.69) is 4.98 Å². The topological polar surface area (TPSA) is 55.4 Å². The number of imide groups is 1. The molecule has 0 bridgehead atoms. The Hall–Kier alpha value is -2.79. The number of aromatic amines is 1. The number of H-pyrrole nitrogens is 1. The summed E-state index contributed by atoms with van der Waals surface area (Å²) in [6, 6.07) is 13.5. The van der Waals surface area contributed by atoms with Gasteiger partial charge in [-0.3, -0.25) is 0 Å². The van der Waals surface area contributed by atoms with Crippen LogP contribution in [-0.2, 0) is 0 Å². The van der Waals surface area contributed by atoms with Crippen LogP contribution in [-0.4, -0.2) is 11.9 Å². The number of benzene rings is 2. The quantitative estimate of drug-likeness (QED) is 0.647. The van der Waals surface area contributed by atoms with Crippen molar-refractivity contribution in [2.45, 2.75) is 0 Å². The fourth-order valence-electron chi connectivity index (χ4n) is 2.61. The lowest BCUT2D eigenvalue weighted by Gasteiger charge is -2.03. The highest BCUT2D eigenvalue weighted by atomic mass is 35.5. The molecule has 1 aliphatic heterocycles. The van der Waals surface area contributed by atoms with Crippen molar-refractivity contribution in [3.05, 3.63) is 65.4 Å². The average molecular weight is 312 g/mol. The zero-order valence-electron chi connectivity index (χ0n) is 11.3. The third-order valence-corrected chi connectivity index (χ3v) is 3.89. The molecule has 1 aliphatic rings. The van der Waals surface area contributed by atoms with E-state index in [0.29, 0.717) is 21.9 Å². The van der Waals surface area contributed by atoms with Gasteiger partial charge in [-0.15, -0.1) is 9.47 Å². The number of para-hydroxylation sites is 2. The third-order valence-electron chi connectivity index (χ3n) is 3.64. The van der Waals surface area contributed by atoms with E-state index in [0.717, 1.165) is 10.4 Å². The third kappa shape index (κ3) is 1.72. The molecule has 1 aromatic heterocycles. The van der Waals surface area contributed by atoms with E-state index in [1.54, 1.807) is 36.5 Å². The maximum atomic E-state index is 12.7. The normalized spacial score (nSPS) is 13.8. The number of carbonyl (C=O) groups excluding carboxylic acids is 2. The summed E-state index contributed by atoms with van der Waals surface area (Å²) in [6.07, 6.45) is 1.55. The number of hydrogen-bond donors (Lipinski definition) is 0. The maximum Gasteiger partial charge on any atom is 0.512 e. The predicted molar refractivity (Wildman–Crippen MR) is 79.8 cm³/mol. The Morgan fingerprint density at radius 1 is 1.00 bits per heavy atom. The Labute approximate surface area is 130 Å². The fraction of sp³-hybridized carbons (Fsp3) is 0. The molecule has 0 spiro atoms. The van der Waals surface area contributed by atoms with Gasteiger partial charge in [-0.25, -0.2) is 9.78 Å². The molecule has 0 atom stereocenters. The van der Waals surface area contributed by atoms with Gasteiger partial charge in [0.15, 0.2) is 0 Å². The van der Waals surface area contributed by atoms with Gasteiger partial charge in [0.2, 0.25) is 11.7 Å².